The monoisotopic (exact) mass is 663 g/mol. The van der Waals surface area contributed by atoms with E-state index in [1.807, 2.05) is 0 Å². The molecule has 3 aromatic rings. The van der Waals surface area contributed by atoms with Crippen LogP contribution in [-0.4, -0.2) is 54.2 Å². The highest BCUT2D eigenvalue weighted by molar-refractivity contribution is 5.95. The van der Waals surface area contributed by atoms with E-state index in [0.29, 0.717) is 11.4 Å². The van der Waals surface area contributed by atoms with Crippen molar-refractivity contribution in [1.82, 2.24) is 34.8 Å². The van der Waals surface area contributed by atoms with Crippen LogP contribution in [0.3, 0.4) is 0 Å². The number of halogens is 8. The van der Waals surface area contributed by atoms with Gasteiger partial charge in [-0.05, 0) is 50.5 Å². The maximum atomic E-state index is 14.0. The molecule has 2 fully saturated rings. The molecule has 0 aliphatic heterocycles. The van der Waals surface area contributed by atoms with Gasteiger partial charge >= 0.3 is 12.4 Å². The van der Waals surface area contributed by atoms with E-state index in [2.05, 4.69) is 25.7 Å². The summed E-state index contributed by atoms with van der Waals surface area (Å²) in [5.74, 6) is -4.54. The first-order chi connectivity index (χ1) is 21.5. The minimum atomic E-state index is -4.47. The Labute approximate surface area is 258 Å². The van der Waals surface area contributed by atoms with E-state index in [4.69, 9.17) is 0 Å². The fourth-order valence-corrected chi connectivity index (χ4v) is 5.77. The van der Waals surface area contributed by atoms with Crippen LogP contribution in [0.15, 0.2) is 24.7 Å². The summed E-state index contributed by atoms with van der Waals surface area (Å²) in [5.41, 5.74) is 0.950. The molecule has 0 saturated heterocycles. The number of rotatable bonds is 11. The minimum Gasteiger partial charge on any atom is -0.347 e. The highest BCUT2D eigenvalue weighted by atomic mass is 19.4. The average Bonchev–Trinajstić information content (AvgIpc) is 3.61. The largest absolute Gasteiger partial charge is 0.390 e. The Morgan fingerprint density at radius 1 is 0.935 bits per heavy atom. The molecule has 3 heterocycles. The van der Waals surface area contributed by atoms with E-state index in [1.54, 1.807) is 22.9 Å². The molecule has 0 aromatic carbocycles. The first-order valence-electron chi connectivity index (χ1n) is 15.0. The second-order valence-electron chi connectivity index (χ2n) is 12.1. The molecule has 9 nitrogen and oxygen atoms in total. The molecule has 17 heteroatoms. The predicted molar refractivity (Wildman–Crippen MR) is 147 cm³/mol. The van der Waals surface area contributed by atoms with Crippen molar-refractivity contribution in [3.05, 3.63) is 47.3 Å². The Bertz CT molecular complexity index is 1550. The van der Waals surface area contributed by atoms with Crippen molar-refractivity contribution >= 4 is 17.6 Å². The topological polar surface area (TPSA) is 106 Å². The standard InChI is InChI=1S/C29H33F8N7O2/c1-16-19(14-38-44(16)13-11-29(35,36)37)25(46)42-24(18-4-8-27(30,31)9-5-18)21-15-43-12-7-20(39-26(43)40-21)23(17-2-3-17)41-22(45)6-10-28(32,33)34/h7,12,14-15,17-18,23-24H,2-6,8-11,13H2,1H3,(H,41,45)(H,42,46). The molecule has 2 aliphatic rings. The van der Waals surface area contributed by atoms with Gasteiger partial charge in [-0.15, -0.1) is 0 Å². The molecule has 2 unspecified atom stereocenters. The van der Waals surface area contributed by atoms with Gasteiger partial charge in [0.25, 0.3) is 5.91 Å². The molecule has 5 rings (SSSR count). The van der Waals surface area contributed by atoms with Crippen LogP contribution < -0.4 is 10.6 Å². The molecule has 2 amide bonds. The Morgan fingerprint density at radius 3 is 2.17 bits per heavy atom. The van der Waals surface area contributed by atoms with Crippen molar-refractivity contribution < 1.29 is 44.7 Å². The number of imidazole rings is 1. The lowest BCUT2D eigenvalue weighted by Crippen LogP contribution is -2.37. The Kier molecular flexibility index (Phi) is 9.33. The van der Waals surface area contributed by atoms with Gasteiger partial charge in [-0.2, -0.15) is 31.4 Å². The lowest BCUT2D eigenvalue weighted by atomic mass is 9.81. The van der Waals surface area contributed by atoms with Crippen molar-refractivity contribution in [2.75, 3.05) is 0 Å². The van der Waals surface area contributed by atoms with Gasteiger partial charge in [0, 0.05) is 43.9 Å². The molecular weight excluding hydrogens is 630 g/mol. The first kappa shape index (κ1) is 33.6. The summed E-state index contributed by atoms with van der Waals surface area (Å²) in [5, 5.41) is 9.41. The number of hydrogen-bond acceptors (Lipinski definition) is 5. The summed E-state index contributed by atoms with van der Waals surface area (Å²) < 4.78 is 107. The second kappa shape index (κ2) is 12.8. The van der Waals surface area contributed by atoms with Crippen LogP contribution in [0, 0.1) is 18.8 Å². The molecule has 2 N–H and O–H groups in total. The minimum absolute atomic E-state index is 0.00421. The van der Waals surface area contributed by atoms with Crippen molar-refractivity contribution in [2.24, 2.45) is 11.8 Å². The summed E-state index contributed by atoms with van der Waals surface area (Å²) in [4.78, 5) is 34.8. The number of carbonyl (C=O) groups is 2. The van der Waals surface area contributed by atoms with Crippen molar-refractivity contribution in [1.29, 1.82) is 0 Å². The maximum absolute atomic E-state index is 14.0. The summed E-state index contributed by atoms with van der Waals surface area (Å²) in [6, 6.07) is 0.130. The predicted octanol–water partition coefficient (Wildman–Crippen LogP) is 6.39. The molecule has 2 atom stereocenters. The van der Waals surface area contributed by atoms with Crippen molar-refractivity contribution in [2.45, 2.75) is 102 Å². The van der Waals surface area contributed by atoms with E-state index in [0.717, 1.165) is 23.7 Å². The molecule has 46 heavy (non-hydrogen) atoms. The molecule has 0 spiro atoms. The van der Waals surface area contributed by atoms with Crippen LogP contribution in [0.1, 0.15) is 97.3 Å². The lowest BCUT2D eigenvalue weighted by molar-refractivity contribution is -0.144. The number of nitrogens with zero attached hydrogens (tertiary/aromatic N) is 5. The van der Waals surface area contributed by atoms with Gasteiger partial charge in [0.1, 0.15) is 0 Å². The Balaban J connectivity index is 1.38. The van der Waals surface area contributed by atoms with Gasteiger partial charge in [0.05, 0.1) is 48.1 Å². The highest BCUT2D eigenvalue weighted by Crippen LogP contribution is 2.42. The van der Waals surface area contributed by atoms with Gasteiger partial charge in [-0.3, -0.25) is 18.7 Å². The number of alkyl halides is 8. The first-order valence-corrected chi connectivity index (χ1v) is 15.0. The zero-order valence-corrected chi connectivity index (χ0v) is 24.8. The summed E-state index contributed by atoms with van der Waals surface area (Å²) in [7, 11) is 0. The summed E-state index contributed by atoms with van der Waals surface area (Å²) in [6.07, 6.45) is -6.79. The Hall–Kier alpha value is -3.79. The molecule has 2 saturated carbocycles. The van der Waals surface area contributed by atoms with E-state index < -0.39 is 86.7 Å². The fraction of sp³-hybridized carbons (Fsp3) is 0.621. The number of hydrogen-bond donors (Lipinski definition) is 2. The van der Waals surface area contributed by atoms with Crippen LogP contribution in [0.2, 0.25) is 0 Å². The number of aryl methyl sites for hydroxylation is 1. The second-order valence-corrected chi connectivity index (χ2v) is 12.1. The smallest absolute Gasteiger partial charge is 0.347 e. The summed E-state index contributed by atoms with van der Waals surface area (Å²) >= 11 is 0. The van der Waals surface area contributed by atoms with Gasteiger partial charge in [0.2, 0.25) is 17.6 Å². The number of aromatic nitrogens is 5. The zero-order chi connectivity index (χ0) is 33.4. The number of nitrogens with one attached hydrogen (secondary N) is 2. The van der Waals surface area contributed by atoms with Crippen LogP contribution >= 0.6 is 0 Å². The molecule has 0 radical (unpaired) electrons. The lowest BCUT2D eigenvalue weighted by Gasteiger charge is -2.33. The number of carbonyl (C=O) groups excluding carboxylic acids is 2. The normalized spacial score (nSPS) is 18.8. The van der Waals surface area contributed by atoms with Crippen molar-refractivity contribution in [3.8, 4) is 0 Å². The molecule has 0 bridgehead atoms. The average molecular weight is 664 g/mol. The molecule has 2 aliphatic carbocycles. The number of amides is 2. The van der Waals surface area contributed by atoms with Gasteiger partial charge in [0.15, 0.2) is 0 Å². The third kappa shape index (κ3) is 8.51. The van der Waals surface area contributed by atoms with Gasteiger partial charge in [-0.1, -0.05) is 0 Å². The third-order valence-electron chi connectivity index (χ3n) is 8.52. The van der Waals surface area contributed by atoms with E-state index in [-0.39, 0.29) is 35.8 Å². The van der Waals surface area contributed by atoms with E-state index >= 15 is 0 Å². The van der Waals surface area contributed by atoms with Crippen LogP contribution in [0.25, 0.3) is 5.78 Å². The van der Waals surface area contributed by atoms with Crippen LogP contribution in [0.4, 0.5) is 35.1 Å². The van der Waals surface area contributed by atoms with E-state index in [1.165, 1.54) is 6.92 Å². The third-order valence-corrected chi connectivity index (χ3v) is 8.52. The SMILES string of the molecule is Cc1c(C(=O)NC(c2cn3ccc(C(NC(=O)CCC(F)(F)F)C4CC4)nc3n2)C2CCC(F)(F)CC2)cnn1CCC(F)(F)F. The molecule has 3 aromatic heterocycles. The van der Waals surface area contributed by atoms with E-state index in [9.17, 15) is 44.7 Å². The summed E-state index contributed by atoms with van der Waals surface area (Å²) in [6.45, 7) is 0.984. The van der Waals surface area contributed by atoms with Gasteiger partial charge < -0.3 is 10.6 Å². The molecular formula is C29H33F8N7O2. The molecule has 252 valence electrons. The van der Waals surface area contributed by atoms with Gasteiger partial charge in [-0.25, -0.2) is 18.7 Å². The highest BCUT2D eigenvalue weighted by Gasteiger charge is 2.40. The maximum Gasteiger partial charge on any atom is 0.390 e. The zero-order valence-electron chi connectivity index (χ0n) is 24.8. The van der Waals surface area contributed by atoms with Crippen LogP contribution in [0.5, 0.6) is 0 Å². The van der Waals surface area contributed by atoms with Crippen molar-refractivity contribution in [3.63, 3.8) is 0 Å². The van der Waals surface area contributed by atoms with Crippen LogP contribution in [-0.2, 0) is 11.3 Å². The Morgan fingerprint density at radius 2 is 1.54 bits per heavy atom. The number of fused-ring (bicyclic) bond motifs is 1. The fourth-order valence-electron chi connectivity index (χ4n) is 5.77. The quantitative estimate of drug-likeness (QED) is 0.231.